The molecule has 0 radical (unpaired) electrons. The van der Waals surface area contributed by atoms with Gasteiger partial charge in [0.1, 0.15) is 0 Å². The molecule has 1 N–H and O–H groups in total. The third kappa shape index (κ3) is 3.99. The van der Waals surface area contributed by atoms with E-state index in [4.69, 9.17) is 0 Å². The van der Waals surface area contributed by atoms with Crippen LogP contribution in [0.15, 0.2) is 29.6 Å². The van der Waals surface area contributed by atoms with Gasteiger partial charge < -0.3 is 10.1 Å². The number of non-ortho nitro benzene ring substituents is 1. The molecule has 7 nitrogen and oxygen atoms in total. The fraction of sp³-hybridized carbons (Fsp3) is 0.231. The number of nitro groups is 1. The van der Waals surface area contributed by atoms with Gasteiger partial charge in [-0.05, 0) is 12.1 Å². The van der Waals surface area contributed by atoms with Gasteiger partial charge in [-0.1, -0.05) is 0 Å². The molecule has 0 fully saturated rings. The van der Waals surface area contributed by atoms with Gasteiger partial charge in [-0.2, -0.15) is 0 Å². The number of alkyl carbamates (subject to hydrolysis) is 1. The molecule has 1 amide bonds. The summed E-state index contributed by atoms with van der Waals surface area (Å²) in [7, 11) is 1.31. The normalized spacial score (nSPS) is 10.1. The van der Waals surface area contributed by atoms with Crippen molar-refractivity contribution < 1.29 is 14.5 Å². The number of hydrogen-bond acceptors (Lipinski definition) is 6. The summed E-state index contributed by atoms with van der Waals surface area (Å²) in [6.45, 7) is 0.444. The number of rotatable bonds is 5. The lowest BCUT2D eigenvalue weighted by atomic mass is 10.1. The van der Waals surface area contributed by atoms with E-state index in [0.29, 0.717) is 13.0 Å². The average Bonchev–Trinajstić information content (AvgIpc) is 2.96. The van der Waals surface area contributed by atoms with Crippen molar-refractivity contribution in [1.82, 2.24) is 10.3 Å². The zero-order chi connectivity index (χ0) is 15.2. The smallest absolute Gasteiger partial charge is 0.406 e. The lowest BCUT2D eigenvalue weighted by Crippen LogP contribution is -2.25. The van der Waals surface area contributed by atoms with Gasteiger partial charge in [0, 0.05) is 36.0 Å². The van der Waals surface area contributed by atoms with E-state index in [1.165, 1.54) is 30.6 Å². The monoisotopic (exact) mass is 307 g/mol. The number of carbonyl (C=O) groups excluding carboxylic acids is 1. The number of carbonyl (C=O) groups is 1. The summed E-state index contributed by atoms with van der Waals surface area (Å²) in [6.07, 6.45) is 0.134. The molecule has 0 aliphatic carbocycles. The first kappa shape index (κ1) is 14.9. The Kier molecular flexibility index (Phi) is 4.83. The maximum atomic E-state index is 10.9. The highest BCUT2D eigenvalue weighted by atomic mass is 32.1. The van der Waals surface area contributed by atoms with Crippen LogP contribution in [0.5, 0.6) is 0 Å². The predicted molar refractivity (Wildman–Crippen MR) is 78.3 cm³/mol. The molecule has 8 heteroatoms. The van der Waals surface area contributed by atoms with Crippen molar-refractivity contribution in [3.63, 3.8) is 0 Å². The Balaban J connectivity index is 1.99. The Morgan fingerprint density at radius 2 is 2.14 bits per heavy atom. The maximum absolute atomic E-state index is 10.9. The van der Waals surface area contributed by atoms with Gasteiger partial charge >= 0.3 is 6.09 Å². The summed E-state index contributed by atoms with van der Waals surface area (Å²) < 4.78 is 4.47. The van der Waals surface area contributed by atoms with E-state index in [1.54, 1.807) is 12.1 Å². The summed E-state index contributed by atoms with van der Waals surface area (Å²) in [6, 6.07) is 6.24. The van der Waals surface area contributed by atoms with E-state index < -0.39 is 11.0 Å². The molecule has 0 saturated heterocycles. The second-order valence-corrected chi connectivity index (χ2v) is 5.04. The number of aromatic nitrogens is 1. The van der Waals surface area contributed by atoms with Crippen LogP contribution in [0.25, 0.3) is 11.3 Å². The van der Waals surface area contributed by atoms with E-state index in [0.717, 1.165) is 16.3 Å². The van der Waals surface area contributed by atoms with E-state index in [-0.39, 0.29) is 5.69 Å². The molecular formula is C13H13N3O4S. The SMILES string of the molecule is COC(=O)NCCc1nc(-c2ccc([N+](=O)[O-])cc2)cs1. The molecule has 1 heterocycles. The van der Waals surface area contributed by atoms with Crippen molar-refractivity contribution in [1.29, 1.82) is 0 Å². The molecular weight excluding hydrogens is 294 g/mol. The number of nitrogens with zero attached hydrogens (tertiary/aromatic N) is 2. The maximum Gasteiger partial charge on any atom is 0.406 e. The number of thiazole rings is 1. The van der Waals surface area contributed by atoms with Crippen molar-refractivity contribution in [2.24, 2.45) is 0 Å². The van der Waals surface area contributed by atoms with E-state index in [9.17, 15) is 14.9 Å². The molecule has 0 unspecified atom stereocenters. The van der Waals surface area contributed by atoms with Crippen molar-refractivity contribution in [2.75, 3.05) is 13.7 Å². The second kappa shape index (κ2) is 6.80. The first-order valence-electron chi connectivity index (χ1n) is 6.11. The highest BCUT2D eigenvalue weighted by molar-refractivity contribution is 7.09. The highest BCUT2D eigenvalue weighted by Crippen LogP contribution is 2.24. The van der Waals surface area contributed by atoms with Crippen molar-refractivity contribution >= 4 is 23.1 Å². The van der Waals surface area contributed by atoms with Crippen molar-refractivity contribution in [2.45, 2.75) is 6.42 Å². The Hall–Kier alpha value is -2.48. The van der Waals surface area contributed by atoms with E-state index in [2.05, 4.69) is 15.0 Å². The second-order valence-electron chi connectivity index (χ2n) is 4.10. The zero-order valence-electron chi connectivity index (χ0n) is 11.2. The lowest BCUT2D eigenvalue weighted by molar-refractivity contribution is -0.384. The van der Waals surface area contributed by atoms with Crippen LogP contribution in [0.4, 0.5) is 10.5 Å². The topological polar surface area (TPSA) is 94.4 Å². The third-order valence-electron chi connectivity index (χ3n) is 2.72. The number of benzene rings is 1. The zero-order valence-corrected chi connectivity index (χ0v) is 12.1. The average molecular weight is 307 g/mol. The third-order valence-corrected chi connectivity index (χ3v) is 3.63. The van der Waals surface area contributed by atoms with Crippen LogP contribution in [0.3, 0.4) is 0 Å². The summed E-state index contributed by atoms with van der Waals surface area (Å²) in [5, 5.41) is 15.9. The quantitative estimate of drug-likeness (QED) is 0.677. The van der Waals surface area contributed by atoms with Crippen LogP contribution in [0, 0.1) is 10.1 Å². The number of nitro benzene ring substituents is 1. The van der Waals surface area contributed by atoms with E-state index >= 15 is 0 Å². The van der Waals surface area contributed by atoms with Crippen LogP contribution in [-0.2, 0) is 11.2 Å². The first-order valence-corrected chi connectivity index (χ1v) is 6.99. The van der Waals surface area contributed by atoms with Crippen LogP contribution in [0.2, 0.25) is 0 Å². The summed E-state index contributed by atoms with van der Waals surface area (Å²) in [5.74, 6) is 0. The largest absolute Gasteiger partial charge is 0.453 e. The van der Waals surface area contributed by atoms with Crippen LogP contribution in [0.1, 0.15) is 5.01 Å². The highest BCUT2D eigenvalue weighted by Gasteiger charge is 2.08. The molecule has 21 heavy (non-hydrogen) atoms. The van der Waals surface area contributed by atoms with Crippen LogP contribution >= 0.6 is 11.3 Å². The summed E-state index contributed by atoms with van der Waals surface area (Å²) >= 11 is 1.48. The molecule has 0 bridgehead atoms. The van der Waals surface area contributed by atoms with Crippen LogP contribution < -0.4 is 5.32 Å². The minimum Gasteiger partial charge on any atom is -0.453 e. The molecule has 1 aromatic heterocycles. The minimum absolute atomic E-state index is 0.0523. The molecule has 110 valence electrons. The van der Waals surface area contributed by atoms with Gasteiger partial charge in [0.25, 0.3) is 5.69 Å². The van der Waals surface area contributed by atoms with Crippen LogP contribution in [-0.4, -0.2) is 29.7 Å². The lowest BCUT2D eigenvalue weighted by Gasteiger charge is -2.00. The molecule has 0 aliphatic rings. The number of hydrogen-bond donors (Lipinski definition) is 1. The van der Waals surface area contributed by atoms with Gasteiger partial charge in [-0.25, -0.2) is 9.78 Å². The Labute approximate surface area is 124 Å². The number of methoxy groups -OCH3 is 1. The molecule has 0 spiro atoms. The number of ether oxygens (including phenoxy) is 1. The Morgan fingerprint density at radius 1 is 1.43 bits per heavy atom. The molecule has 2 aromatic rings. The fourth-order valence-corrected chi connectivity index (χ4v) is 2.46. The predicted octanol–water partition coefficient (Wildman–Crippen LogP) is 2.62. The minimum atomic E-state index is -0.470. The van der Waals surface area contributed by atoms with Gasteiger partial charge in [-0.15, -0.1) is 11.3 Å². The first-order chi connectivity index (χ1) is 10.1. The Bertz CT molecular complexity index is 639. The van der Waals surface area contributed by atoms with Gasteiger partial charge in [0.2, 0.25) is 0 Å². The van der Waals surface area contributed by atoms with E-state index in [1.807, 2.05) is 5.38 Å². The standard InChI is InChI=1S/C13H13N3O4S/c1-20-13(17)14-7-6-12-15-11(8-21-12)9-2-4-10(5-3-9)16(18)19/h2-5,8H,6-7H2,1H3,(H,14,17). The molecule has 0 saturated carbocycles. The molecule has 0 aliphatic heterocycles. The number of amides is 1. The van der Waals surface area contributed by atoms with Gasteiger partial charge in [0.05, 0.1) is 22.7 Å². The van der Waals surface area contributed by atoms with Gasteiger partial charge in [-0.3, -0.25) is 10.1 Å². The molecule has 0 atom stereocenters. The fourth-order valence-electron chi connectivity index (χ4n) is 1.66. The van der Waals surface area contributed by atoms with Crippen molar-refractivity contribution in [3.8, 4) is 11.3 Å². The van der Waals surface area contributed by atoms with Gasteiger partial charge in [0.15, 0.2) is 0 Å². The molecule has 2 rings (SSSR count). The summed E-state index contributed by atoms with van der Waals surface area (Å²) in [5.41, 5.74) is 1.64. The van der Waals surface area contributed by atoms with Crippen molar-refractivity contribution in [3.05, 3.63) is 44.8 Å². The Morgan fingerprint density at radius 3 is 2.76 bits per heavy atom. The number of nitrogens with one attached hydrogen (secondary N) is 1. The summed E-state index contributed by atoms with van der Waals surface area (Å²) in [4.78, 5) is 25.5. The molecule has 1 aromatic carbocycles.